The van der Waals surface area contributed by atoms with Crippen molar-refractivity contribution in [1.29, 1.82) is 5.26 Å². The maximum absolute atomic E-state index is 8.83. The molecule has 1 aliphatic rings. The Bertz CT molecular complexity index is 450. The Labute approximate surface area is 109 Å². The van der Waals surface area contributed by atoms with Crippen molar-refractivity contribution in [1.82, 2.24) is 5.32 Å². The van der Waals surface area contributed by atoms with Gasteiger partial charge in [0.1, 0.15) is 5.75 Å². The Morgan fingerprint density at radius 1 is 1.56 bits per heavy atom. The minimum Gasteiger partial charge on any atom is -0.497 e. The highest BCUT2D eigenvalue weighted by Gasteiger charge is 2.20. The number of aryl methyl sites for hydroxylation is 1. The molecule has 0 aromatic heterocycles. The van der Waals surface area contributed by atoms with Gasteiger partial charge >= 0.3 is 0 Å². The lowest BCUT2D eigenvalue weighted by Gasteiger charge is -2.27. The van der Waals surface area contributed by atoms with Gasteiger partial charge in [-0.05, 0) is 49.4 Å². The SMILES string of the molecule is COc1ccc2c(c1)C(NCC(C)C#N)CCC2. The van der Waals surface area contributed by atoms with Crippen LogP contribution in [0.3, 0.4) is 0 Å². The summed E-state index contributed by atoms with van der Waals surface area (Å²) >= 11 is 0. The van der Waals surface area contributed by atoms with Crippen LogP contribution in [0, 0.1) is 17.2 Å². The smallest absolute Gasteiger partial charge is 0.119 e. The molecule has 2 rings (SSSR count). The first kappa shape index (κ1) is 12.9. The van der Waals surface area contributed by atoms with Crippen LogP contribution in [-0.4, -0.2) is 13.7 Å². The highest BCUT2D eigenvalue weighted by molar-refractivity contribution is 5.39. The first-order chi connectivity index (χ1) is 8.74. The molecule has 2 unspecified atom stereocenters. The van der Waals surface area contributed by atoms with E-state index in [2.05, 4.69) is 23.5 Å². The van der Waals surface area contributed by atoms with E-state index in [0.29, 0.717) is 6.04 Å². The van der Waals surface area contributed by atoms with Crippen LogP contribution in [0.15, 0.2) is 18.2 Å². The van der Waals surface area contributed by atoms with Crippen molar-refractivity contribution >= 4 is 0 Å². The highest BCUT2D eigenvalue weighted by atomic mass is 16.5. The second kappa shape index (κ2) is 5.88. The lowest BCUT2D eigenvalue weighted by molar-refractivity contribution is 0.406. The maximum atomic E-state index is 8.83. The summed E-state index contributed by atoms with van der Waals surface area (Å²) < 4.78 is 5.30. The van der Waals surface area contributed by atoms with Gasteiger partial charge in [0.2, 0.25) is 0 Å². The molecule has 18 heavy (non-hydrogen) atoms. The van der Waals surface area contributed by atoms with Gasteiger partial charge in [-0.25, -0.2) is 0 Å². The Morgan fingerprint density at radius 2 is 2.39 bits per heavy atom. The molecule has 2 atom stereocenters. The molecule has 0 saturated heterocycles. The molecule has 0 radical (unpaired) electrons. The highest BCUT2D eigenvalue weighted by Crippen LogP contribution is 2.32. The molecule has 1 aliphatic carbocycles. The summed E-state index contributed by atoms with van der Waals surface area (Å²) in [5.74, 6) is 0.969. The number of nitrogens with zero attached hydrogens (tertiary/aromatic N) is 1. The second-order valence-corrected chi connectivity index (χ2v) is 4.95. The van der Waals surface area contributed by atoms with Crippen LogP contribution in [0.4, 0.5) is 0 Å². The number of hydrogen-bond acceptors (Lipinski definition) is 3. The Kier molecular flexibility index (Phi) is 4.22. The normalized spacial score (nSPS) is 19.7. The molecule has 3 heteroatoms. The predicted octanol–water partition coefficient (Wildman–Crippen LogP) is 2.82. The van der Waals surface area contributed by atoms with Crippen LogP contribution >= 0.6 is 0 Å². The fraction of sp³-hybridized carbons (Fsp3) is 0.533. The summed E-state index contributed by atoms with van der Waals surface area (Å²) in [5, 5.41) is 12.3. The van der Waals surface area contributed by atoms with Crippen LogP contribution in [-0.2, 0) is 6.42 Å². The van der Waals surface area contributed by atoms with Gasteiger partial charge in [-0.1, -0.05) is 6.07 Å². The lowest BCUT2D eigenvalue weighted by Crippen LogP contribution is -2.28. The van der Waals surface area contributed by atoms with Crippen molar-refractivity contribution in [2.45, 2.75) is 32.2 Å². The molecule has 0 bridgehead atoms. The second-order valence-electron chi connectivity index (χ2n) is 4.95. The third-order valence-corrected chi connectivity index (χ3v) is 3.56. The van der Waals surface area contributed by atoms with Crippen molar-refractivity contribution in [2.24, 2.45) is 5.92 Å². The lowest BCUT2D eigenvalue weighted by atomic mass is 9.87. The minimum absolute atomic E-state index is 0.0565. The van der Waals surface area contributed by atoms with E-state index in [1.807, 2.05) is 13.0 Å². The van der Waals surface area contributed by atoms with Crippen LogP contribution in [0.5, 0.6) is 5.75 Å². The zero-order valence-corrected chi connectivity index (χ0v) is 11.1. The molecule has 1 aromatic carbocycles. The fourth-order valence-electron chi connectivity index (χ4n) is 2.48. The first-order valence-electron chi connectivity index (χ1n) is 6.54. The summed E-state index contributed by atoms with van der Waals surface area (Å²) in [6, 6.07) is 8.94. The summed E-state index contributed by atoms with van der Waals surface area (Å²) in [5.41, 5.74) is 2.75. The standard InChI is InChI=1S/C15H20N2O/c1-11(9-16)10-17-15-5-3-4-12-6-7-13(18-2)8-14(12)15/h6-8,11,15,17H,3-5,10H2,1-2H3. The van der Waals surface area contributed by atoms with Crippen LogP contribution in [0.1, 0.15) is 36.9 Å². The van der Waals surface area contributed by atoms with E-state index in [0.717, 1.165) is 25.1 Å². The molecule has 0 fully saturated rings. The molecule has 0 aliphatic heterocycles. The molecule has 0 heterocycles. The van der Waals surface area contributed by atoms with Gasteiger partial charge in [-0.2, -0.15) is 5.26 Å². The van der Waals surface area contributed by atoms with Crippen molar-refractivity contribution in [3.8, 4) is 11.8 Å². The van der Waals surface area contributed by atoms with E-state index >= 15 is 0 Å². The quantitative estimate of drug-likeness (QED) is 0.885. The van der Waals surface area contributed by atoms with Gasteiger partial charge in [0.25, 0.3) is 0 Å². The van der Waals surface area contributed by atoms with Crippen molar-refractivity contribution in [3.05, 3.63) is 29.3 Å². The number of rotatable bonds is 4. The first-order valence-corrected chi connectivity index (χ1v) is 6.54. The minimum atomic E-state index is 0.0565. The topological polar surface area (TPSA) is 45.0 Å². The van der Waals surface area contributed by atoms with E-state index in [4.69, 9.17) is 10.00 Å². The summed E-state index contributed by atoms with van der Waals surface area (Å²) in [7, 11) is 1.70. The number of ether oxygens (including phenoxy) is 1. The Hall–Kier alpha value is -1.53. The molecule has 3 nitrogen and oxygen atoms in total. The van der Waals surface area contributed by atoms with Gasteiger partial charge in [0.15, 0.2) is 0 Å². The summed E-state index contributed by atoms with van der Waals surface area (Å²) in [4.78, 5) is 0. The van der Waals surface area contributed by atoms with E-state index in [-0.39, 0.29) is 5.92 Å². The number of fused-ring (bicyclic) bond motifs is 1. The third kappa shape index (κ3) is 2.83. The maximum Gasteiger partial charge on any atom is 0.119 e. The van der Waals surface area contributed by atoms with Crippen molar-refractivity contribution in [2.75, 3.05) is 13.7 Å². The average Bonchev–Trinajstić information content (AvgIpc) is 2.43. The molecular weight excluding hydrogens is 224 g/mol. The summed E-state index contributed by atoms with van der Waals surface area (Å²) in [6.45, 7) is 2.69. The van der Waals surface area contributed by atoms with Gasteiger partial charge in [0.05, 0.1) is 19.1 Å². The third-order valence-electron chi connectivity index (χ3n) is 3.56. The molecule has 0 saturated carbocycles. The van der Waals surface area contributed by atoms with Crippen molar-refractivity contribution < 1.29 is 4.74 Å². The zero-order chi connectivity index (χ0) is 13.0. The van der Waals surface area contributed by atoms with Crippen LogP contribution < -0.4 is 10.1 Å². The molecule has 1 N–H and O–H groups in total. The number of nitriles is 1. The van der Waals surface area contributed by atoms with Gasteiger partial charge < -0.3 is 10.1 Å². The van der Waals surface area contributed by atoms with E-state index in [1.54, 1.807) is 7.11 Å². The largest absolute Gasteiger partial charge is 0.497 e. The zero-order valence-electron chi connectivity index (χ0n) is 11.1. The number of nitrogens with one attached hydrogen (secondary N) is 1. The number of hydrogen-bond donors (Lipinski definition) is 1. The van der Waals surface area contributed by atoms with Gasteiger partial charge in [0, 0.05) is 12.6 Å². The summed E-state index contributed by atoms with van der Waals surface area (Å²) in [6.07, 6.45) is 3.49. The van der Waals surface area contributed by atoms with E-state index in [1.165, 1.54) is 17.5 Å². The molecule has 1 aromatic rings. The Morgan fingerprint density at radius 3 is 3.11 bits per heavy atom. The number of benzene rings is 1. The predicted molar refractivity (Wildman–Crippen MR) is 71.5 cm³/mol. The molecule has 0 spiro atoms. The van der Waals surface area contributed by atoms with Crippen LogP contribution in [0.25, 0.3) is 0 Å². The van der Waals surface area contributed by atoms with Crippen LogP contribution in [0.2, 0.25) is 0 Å². The Balaban J connectivity index is 2.13. The van der Waals surface area contributed by atoms with E-state index in [9.17, 15) is 0 Å². The van der Waals surface area contributed by atoms with Gasteiger partial charge in [-0.15, -0.1) is 0 Å². The van der Waals surface area contributed by atoms with Crippen molar-refractivity contribution in [3.63, 3.8) is 0 Å². The number of methoxy groups -OCH3 is 1. The van der Waals surface area contributed by atoms with Gasteiger partial charge in [-0.3, -0.25) is 0 Å². The fourth-order valence-corrected chi connectivity index (χ4v) is 2.48. The molecule has 96 valence electrons. The van der Waals surface area contributed by atoms with E-state index < -0.39 is 0 Å². The molecular formula is C15H20N2O. The monoisotopic (exact) mass is 244 g/mol. The molecule has 0 amide bonds. The average molecular weight is 244 g/mol.